The van der Waals surface area contributed by atoms with Crippen molar-refractivity contribution in [2.45, 2.75) is 5.25 Å². The fourth-order valence-corrected chi connectivity index (χ4v) is 3.04. The molecule has 3 N–H and O–H groups in total. The van der Waals surface area contributed by atoms with Crippen LogP contribution in [-0.4, -0.2) is 27.0 Å². The Kier molecular flexibility index (Phi) is 2.71. The summed E-state index contributed by atoms with van der Waals surface area (Å²) in [5.41, 5.74) is 1.99. The van der Waals surface area contributed by atoms with E-state index < -0.39 is 0 Å². The molecule has 5 nitrogen and oxygen atoms in total. The topological polar surface area (TPSA) is 78.0 Å². The number of phenols is 1. The van der Waals surface area contributed by atoms with E-state index in [-0.39, 0.29) is 16.9 Å². The quantitative estimate of drug-likeness (QED) is 0.732. The first kappa shape index (κ1) is 11.2. The molecular formula is C12H11N3O2S. The first-order valence-electron chi connectivity index (χ1n) is 5.47. The lowest BCUT2D eigenvalue weighted by molar-refractivity contribution is -0.113. The summed E-state index contributed by atoms with van der Waals surface area (Å²) < 4.78 is 0. The molecule has 0 aliphatic carbocycles. The fourth-order valence-electron chi connectivity index (χ4n) is 1.94. The van der Waals surface area contributed by atoms with E-state index in [1.54, 1.807) is 30.1 Å². The number of carbonyl (C=O) groups excluding carboxylic acids is 1. The van der Waals surface area contributed by atoms with Gasteiger partial charge in [-0.1, -0.05) is 12.1 Å². The van der Waals surface area contributed by atoms with Gasteiger partial charge in [-0.3, -0.25) is 9.89 Å². The van der Waals surface area contributed by atoms with Crippen molar-refractivity contribution in [1.82, 2.24) is 10.2 Å². The highest BCUT2D eigenvalue weighted by atomic mass is 32.2. The molecule has 1 aliphatic heterocycles. The summed E-state index contributed by atoms with van der Waals surface area (Å²) in [4.78, 5) is 11.6. The Hall–Kier alpha value is -1.95. The smallest absolute Gasteiger partial charge is 0.235 e. The van der Waals surface area contributed by atoms with Gasteiger partial charge in [0.2, 0.25) is 5.91 Å². The number of aromatic hydroxyl groups is 1. The molecule has 1 amide bonds. The zero-order valence-corrected chi connectivity index (χ0v) is 10.2. The van der Waals surface area contributed by atoms with Gasteiger partial charge in [0.05, 0.1) is 17.2 Å². The van der Waals surface area contributed by atoms with E-state index in [9.17, 15) is 9.90 Å². The Balaban J connectivity index is 2.02. The molecule has 2 heterocycles. The number of phenolic OH excluding ortho intramolecular Hbond substituents is 1. The van der Waals surface area contributed by atoms with Crippen molar-refractivity contribution in [3.05, 3.63) is 41.6 Å². The van der Waals surface area contributed by atoms with E-state index in [1.165, 1.54) is 0 Å². The van der Waals surface area contributed by atoms with E-state index in [0.717, 1.165) is 11.1 Å². The zero-order valence-electron chi connectivity index (χ0n) is 9.38. The third-order valence-corrected chi connectivity index (χ3v) is 4.08. The lowest BCUT2D eigenvalue weighted by Crippen LogP contribution is -2.12. The summed E-state index contributed by atoms with van der Waals surface area (Å²) in [5, 5.41) is 18.9. The van der Waals surface area contributed by atoms with Crippen LogP contribution < -0.4 is 5.32 Å². The number of hydrogen-bond donors (Lipinski definition) is 3. The van der Waals surface area contributed by atoms with Crippen LogP contribution in [0.2, 0.25) is 0 Å². The summed E-state index contributed by atoms with van der Waals surface area (Å²) >= 11 is 1.54. The van der Waals surface area contributed by atoms with Crippen LogP contribution in [0.5, 0.6) is 5.75 Å². The van der Waals surface area contributed by atoms with Crippen LogP contribution in [0, 0.1) is 0 Å². The van der Waals surface area contributed by atoms with E-state index >= 15 is 0 Å². The second-order valence-corrected chi connectivity index (χ2v) is 5.12. The molecule has 1 atom stereocenters. The van der Waals surface area contributed by atoms with Gasteiger partial charge in [0.15, 0.2) is 0 Å². The maximum atomic E-state index is 11.6. The van der Waals surface area contributed by atoms with Gasteiger partial charge in [-0.05, 0) is 17.7 Å². The van der Waals surface area contributed by atoms with Crippen LogP contribution in [0.4, 0.5) is 5.82 Å². The minimum Gasteiger partial charge on any atom is -0.508 e. The monoisotopic (exact) mass is 261 g/mol. The molecule has 3 rings (SSSR count). The summed E-state index contributed by atoms with van der Waals surface area (Å²) in [6.45, 7) is 0. The Morgan fingerprint density at radius 3 is 2.89 bits per heavy atom. The minimum absolute atomic E-state index is 0.0354. The molecule has 0 saturated heterocycles. The molecule has 0 saturated carbocycles. The number of benzene rings is 1. The van der Waals surface area contributed by atoms with E-state index in [0.29, 0.717) is 11.6 Å². The molecule has 1 aromatic carbocycles. The predicted molar refractivity (Wildman–Crippen MR) is 69.6 cm³/mol. The molecule has 92 valence electrons. The molecule has 0 radical (unpaired) electrons. The standard InChI is InChI=1S/C12H11N3O2S/c16-8-3-1-7(2-4-8)11-9-5-13-15-12(9)14-10(17)6-18-11/h1-5,11,16H,6H2,(H2,13,14,15,17)/t11-/m1/s1. The number of amides is 1. The Morgan fingerprint density at radius 1 is 1.33 bits per heavy atom. The highest BCUT2D eigenvalue weighted by Gasteiger charge is 2.25. The van der Waals surface area contributed by atoms with E-state index in [2.05, 4.69) is 15.5 Å². The van der Waals surface area contributed by atoms with Crippen LogP contribution in [0.15, 0.2) is 30.5 Å². The molecule has 6 heteroatoms. The first-order valence-corrected chi connectivity index (χ1v) is 6.52. The second kappa shape index (κ2) is 4.38. The molecule has 0 unspecified atom stereocenters. The molecule has 18 heavy (non-hydrogen) atoms. The van der Waals surface area contributed by atoms with E-state index in [1.807, 2.05) is 12.1 Å². The molecule has 1 aliphatic rings. The van der Waals surface area contributed by atoms with Crippen LogP contribution >= 0.6 is 11.8 Å². The lowest BCUT2D eigenvalue weighted by atomic mass is 10.1. The molecule has 0 spiro atoms. The summed E-state index contributed by atoms with van der Waals surface area (Å²) in [7, 11) is 0. The van der Waals surface area contributed by atoms with Crippen molar-refractivity contribution < 1.29 is 9.90 Å². The van der Waals surface area contributed by atoms with Crippen molar-refractivity contribution in [2.24, 2.45) is 0 Å². The van der Waals surface area contributed by atoms with Gasteiger partial charge in [-0.25, -0.2) is 0 Å². The van der Waals surface area contributed by atoms with Gasteiger partial charge in [0, 0.05) is 5.56 Å². The number of aromatic nitrogens is 2. The van der Waals surface area contributed by atoms with E-state index in [4.69, 9.17) is 0 Å². The number of hydrogen-bond acceptors (Lipinski definition) is 4. The third kappa shape index (κ3) is 1.95. The first-order chi connectivity index (χ1) is 8.74. The average Bonchev–Trinajstić information content (AvgIpc) is 2.74. The molecular weight excluding hydrogens is 250 g/mol. The number of nitrogens with one attached hydrogen (secondary N) is 2. The van der Waals surface area contributed by atoms with Crippen molar-refractivity contribution in [2.75, 3.05) is 11.1 Å². The number of thioether (sulfide) groups is 1. The maximum absolute atomic E-state index is 11.6. The lowest BCUT2D eigenvalue weighted by Gasteiger charge is -2.13. The van der Waals surface area contributed by atoms with Gasteiger partial charge in [0.1, 0.15) is 11.6 Å². The SMILES string of the molecule is O=C1CS[C@H](c2ccc(O)cc2)c2cn[nH]c2N1. The van der Waals surface area contributed by atoms with Crippen molar-refractivity contribution in [3.63, 3.8) is 0 Å². The van der Waals surface area contributed by atoms with Gasteiger partial charge < -0.3 is 10.4 Å². The van der Waals surface area contributed by atoms with Gasteiger partial charge >= 0.3 is 0 Å². The second-order valence-electron chi connectivity index (χ2n) is 4.03. The molecule has 0 bridgehead atoms. The Bertz CT molecular complexity index is 579. The Labute approximate surface area is 108 Å². The Morgan fingerprint density at radius 2 is 2.11 bits per heavy atom. The normalized spacial score (nSPS) is 18.9. The maximum Gasteiger partial charge on any atom is 0.235 e. The number of anilines is 1. The van der Waals surface area contributed by atoms with Gasteiger partial charge in [-0.15, -0.1) is 11.8 Å². The number of carbonyl (C=O) groups is 1. The predicted octanol–water partition coefficient (Wildman–Crippen LogP) is 1.89. The largest absolute Gasteiger partial charge is 0.508 e. The highest BCUT2D eigenvalue weighted by molar-refractivity contribution is 8.00. The van der Waals surface area contributed by atoms with Gasteiger partial charge in [-0.2, -0.15) is 5.10 Å². The zero-order chi connectivity index (χ0) is 12.5. The highest BCUT2D eigenvalue weighted by Crippen LogP contribution is 2.40. The number of H-pyrrole nitrogens is 1. The molecule has 0 fully saturated rings. The third-order valence-electron chi connectivity index (χ3n) is 2.79. The van der Waals surface area contributed by atoms with Crippen LogP contribution in [0.1, 0.15) is 16.4 Å². The van der Waals surface area contributed by atoms with Crippen LogP contribution in [0.25, 0.3) is 0 Å². The van der Waals surface area contributed by atoms with Crippen molar-refractivity contribution >= 4 is 23.5 Å². The number of rotatable bonds is 1. The summed E-state index contributed by atoms with van der Waals surface area (Å²) in [5.74, 6) is 1.25. The summed E-state index contributed by atoms with van der Waals surface area (Å²) in [6, 6.07) is 7.02. The average molecular weight is 261 g/mol. The van der Waals surface area contributed by atoms with Crippen LogP contribution in [0.3, 0.4) is 0 Å². The molecule has 2 aromatic rings. The minimum atomic E-state index is -0.0354. The molecule has 1 aromatic heterocycles. The number of fused-ring (bicyclic) bond motifs is 1. The van der Waals surface area contributed by atoms with Gasteiger partial charge in [0.25, 0.3) is 0 Å². The van der Waals surface area contributed by atoms with Crippen LogP contribution in [-0.2, 0) is 4.79 Å². The number of nitrogens with zero attached hydrogens (tertiary/aromatic N) is 1. The fraction of sp³-hybridized carbons (Fsp3) is 0.167. The summed E-state index contributed by atoms with van der Waals surface area (Å²) in [6.07, 6.45) is 1.73. The van der Waals surface area contributed by atoms with Crippen molar-refractivity contribution in [3.8, 4) is 5.75 Å². The van der Waals surface area contributed by atoms with Crippen molar-refractivity contribution in [1.29, 1.82) is 0 Å². The number of aromatic amines is 1.